The maximum Gasteiger partial charge on any atom is 0.292 e. The first kappa shape index (κ1) is 15.8. The van der Waals surface area contributed by atoms with Crippen LogP contribution in [-0.2, 0) is 0 Å². The number of halogens is 1. The van der Waals surface area contributed by atoms with E-state index in [2.05, 4.69) is 10.1 Å². The molecule has 0 saturated carbocycles. The van der Waals surface area contributed by atoms with Crippen LogP contribution in [0.3, 0.4) is 0 Å². The second-order valence-corrected chi connectivity index (χ2v) is 5.81. The van der Waals surface area contributed by atoms with Crippen LogP contribution in [0.1, 0.15) is 41.9 Å². The number of hydrogen-bond acceptors (Lipinski definition) is 5. The van der Waals surface area contributed by atoms with Gasteiger partial charge in [0, 0.05) is 25.2 Å². The van der Waals surface area contributed by atoms with Gasteiger partial charge in [0.15, 0.2) is 0 Å². The first-order valence-electron chi connectivity index (χ1n) is 7.68. The molecule has 2 aromatic heterocycles. The van der Waals surface area contributed by atoms with Crippen molar-refractivity contribution in [3.05, 3.63) is 40.9 Å². The van der Waals surface area contributed by atoms with E-state index in [0.29, 0.717) is 30.6 Å². The number of ether oxygens (including phenoxy) is 1. The Hall–Kier alpha value is -2.08. The lowest BCUT2D eigenvalue weighted by atomic mass is 9.93. The van der Waals surface area contributed by atoms with Crippen molar-refractivity contribution in [1.82, 2.24) is 15.0 Å². The quantitative estimate of drug-likeness (QED) is 0.858. The number of piperidine rings is 1. The van der Waals surface area contributed by atoms with Gasteiger partial charge in [0.05, 0.1) is 23.4 Å². The predicted octanol–water partition coefficient (Wildman–Crippen LogP) is 3.14. The molecule has 1 fully saturated rings. The summed E-state index contributed by atoms with van der Waals surface area (Å²) in [7, 11) is 0. The molecule has 3 heterocycles. The molecule has 1 amide bonds. The summed E-state index contributed by atoms with van der Waals surface area (Å²) in [5.74, 6) is 0.671. The van der Waals surface area contributed by atoms with E-state index in [1.54, 1.807) is 11.1 Å². The highest BCUT2D eigenvalue weighted by Crippen LogP contribution is 2.31. The zero-order valence-corrected chi connectivity index (χ0v) is 13.6. The SMILES string of the molecule is CCOc1cc(C(=O)N2CCC(c3ncccc3Cl)CC2)on1. The standard InChI is InChI=1S/C16H18ClN3O3/c1-2-22-14-10-13(23-19-14)16(21)20-8-5-11(6-9-20)15-12(17)4-3-7-18-15/h3-4,7,10-11H,2,5-6,8-9H2,1H3. The molecule has 7 heteroatoms. The summed E-state index contributed by atoms with van der Waals surface area (Å²) in [6, 6.07) is 5.21. The lowest BCUT2D eigenvalue weighted by Gasteiger charge is -2.31. The van der Waals surface area contributed by atoms with Crippen LogP contribution in [0.5, 0.6) is 5.88 Å². The second-order valence-electron chi connectivity index (χ2n) is 5.40. The van der Waals surface area contributed by atoms with Crippen LogP contribution in [0.4, 0.5) is 0 Å². The van der Waals surface area contributed by atoms with Crippen LogP contribution in [0, 0.1) is 0 Å². The maximum absolute atomic E-state index is 12.4. The molecule has 23 heavy (non-hydrogen) atoms. The van der Waals surface area contributed by atoms with Crippen molar-refractivity contribution >= 4 is 17.5 Å². The second kappa shape index (κ2) is 7.00. The van der Waals surface area contributed by atoms with Crippen molar-refractivity contribution in [1.29, 1.82) is 0 Å². The number of pyridine rings is 1. The van der Waals surface area contributed by atoms with Crippen molar-refractivity contribution in [2.45, 2.75) is 25.7 Å². The average molecular weight is 336 g/mol. The number of rotatable bonds is 4. The highest BCUT2D eigenvalue weighted by Gasteiger charge is 2.28. The smallest absolute Gasteiger partial charge is 0.292 e. The van der Waals surface area contributed by atoms with Crippen molar-refractivity contribution in [2.24, 2.45) is 0 Å². The number of amides is 1. The van der Waals surface area contributed by atoms with Crippen LogP contribution in [0.15, 0.2) is 28.9 Å². The third-order valence-electron chi connectivity index (χ3n) is 3.95. The van der Waals surface area contributed by atoms with Crippen molar-refractivity contribution in [3.63, 3.8) is 0 Å². The summed E-state index contributed by atoms with van der Waals surface area (Å²) in [4.78, 5) is 18.6. The van der Waals surface area contributed by atoms with Crippen molar-refractivity contribution in [2.75, 3.05) is 19.7 Å². The minimum atomic E-state index is -0.158. The van der Waals surface area contributed by atoms with Crippen LogP contribution in [0.25, 0.3) is 0 Å². The largest absolute Gasteiger partial charge is 0.476 e. The van der Waals surface area contributed by atoms with E-state index in [0.717, 1.165) is 18.5 Å². The molecular weight excluding hydrogens is 318 g/mol. The van der Waals surface area contributed by atoms with E-state index in [1.165, 1.54) is 6.07 Å². The Morgan fingerprint density at radius 2 is 2.26 bits per heavy atom. The number of carbonyl (C=O) groups excluding carboxylic acids is 1. The Morgan fingerprint density at radius 1 is 1.48 bits per heavy atom. The van der Waals surface area contributed by atoms with E-state index < -0.39 is 0 Å². The Morgan fingerprint density at radius 3 is 2.96 bits per heavy atom. The molecule has 6 nitrogen and oxygen atoms in total. The monoisotopic (exact) mass is 335 g/mol. The summed E-state index contributed by atoms with van der Waals surface area (Å²) in [5.41, 5.74) is 0.916. The summed E-state index contributed by atoms with van der Waals surface area (Å²) in [5, 5.41) is 4.41. The number of aromatic nitrogens is 2. The summed E-state index contributed by atoms with van der Waals surface area (Å²) in [6.45, 7) is 3.61. The van der Waals surface area contributed by atoms with E-state index >= 15 is 0 Å². The Kier molecular flexibility index (Phi) is 4.81. The fourth-order valence-corrected chi connectivity index (χ4v) is 3.06. The van der Waals surface area contributed by atoms with Gasteiger partial charge in [0.25, 0.3) is 11.8 Å². The molecule has 1 saturated heterocycles. The Labute approximate surface area is 139 Å². The van der Waals surface area contributed by atoms with Gasteiger partial charge in [-0.05, 0) is 37.1 Å². The molecule has 0 N–H and O–H groups in total. The molecule has 0 spiro atoms. The van der Waals surface area contributed by atoms with Gasteiger partial charge in [-0.25, -0.2) is 0 Å². The van der Waals surface area contributed by atoms with Gasteiger partial charge in [0.2, 0.25) is 5.76 Å². The third-order valence-corrected chi connectivity index (χ3v) is 4.27. The molecule has 0 radical (unpaired) electrons. The molecule has 0 aliphatic carbocycles. The lowest BCUT2D eigenvalue weighted by molar-refractivity contribution is 0.0670. The fourth-order valence-electron chi connectivity index (χ4n) is 2.79. The predicted molar refractivity (Wildman–Crippen MR) is 84.8 cm³/mol. The van der Waals surface area contributed by atoms with Crippen LogP contribution in [-0.4, -0.2) is 40.6 Å². The van der Waals surface area contributed by atoms with Crippen LogP contribution in [0.2, 0.25) is 5.02 Å². The van der Waals surface area contributed by atoms with Crippen LogP contribution < -0.4 is 4.74 Å². The normalized spacial score (nSPS) is 15.7. The van der Waals surface area contributed by atoms with E-state index in [-0.39, 0.29) is 17.6 Å². The van der Waals surface area contributed by atoms with Crippen molar-refractivity contribution in [3.8, 4) is 5.88 Å². The average Bonchev–Trinajstić information content (AvgIpc) is 3.04. The van der Waals surface area contributed by atoms with Gasteiger partial charge >= 0.3 is 0 Å². The van der Waals surface area contributed by atoms with E-state index in [4.69, 9.17) is 20.9 Å². The molecule has 1 aliphatic heterocycles. The highest BCUT2D eigenvalue weighted by molar-refractivity contribution is 6.31. The van der Waals surface area contributed by atoms with Gasteiger partial charge in [-0.2, -0.15) is 0 Å². The third kappa shape index (κ3) is 3.47. The zero-order chi connectivity index (χ0) is 16.2. The molecule has 0 unspecified atom stereocenters. The summed E-state index contributed by atoms with van der Waals surface area (Å²) >= 11 is 6.20. The van der Waals surface area contributed by atoms with E-state index in [1.807, 2.05) is 19.1 Å². The molecule has 0 aromatic carbocycles. The molecule has 1 aliphatic rings. The minimum Gasteiger partial charge on any atom is -0.476 e. The summed E-state index contributed by atoms with van der Waals surface area (Å²) < 4.78 is 10.3. The zero-order valence-electron chi connectivity index (χ0n) is 12.9. The number of likely N-dealkylation sites (tertiary alicyclic amines) is 1. The maximum atomic E-state index is 12.4. The molecule has 0 atom stereocenters. The summed E-state index contributed by atoms with van der Waals surface area (Å²) in [6.07, 6.45) is 3.41. The number of hydrogen-bond donors (Lipinski definition) is 0. The Balaban J connectivity index is 1.62. The van der Waals surface area contributed by atoms with Crippen molar-refractivity contribution < 1.29 is 14.1 Å². The van der Waals surface area contributed by atoms with Gasteiger partial charge in [-0.15, -0.1) is 0 Å². The van der Waals surface area contributed by atoms with E-state index in [9.17, 15) is 4.79 Å². The van der Waals surface area contributed by atoms with Gasteiger partial charge in [0.1, 0.15) is 0 Å². The topological polar surface area (TPSA) is 68.5 Å². The van der Waals surface area contributed by atoms with Gasteiger partial charge in [-0.3, -0.25) is 9.78 Å². The molecule has 3 rings (SSSR count). The number of nitrogens with zero attached hydrogens (tertiary/aromatic N) is 3. The first-order chi connectivity index (χ1) is 11.2. The van der Waals surface area contributed by atoms with Gasteiger partial charge < -0.3 is 14.2 Å². The van der Waals surface area contributed by atoms with Crippen LogP contribution >= 0.6 is 11.6 Å². The fraction of sp³-hybridized carbons (Fsp3) is 0.438. The molecule has 0 bridgehead atoms. The molecule has 2 aromatic rings. The molecular formula is C16H18ClN3O3. The lowest BCUT2D eigenvalue weighted by Crippen LogP contribution is -2.38. The minimum absolute atomic E-state index is 0.158. The first-order valence-corrected chi connectivity index (χ1v) is 8.06. The Bertz CT molecular complexity index is 681. The number of carbonyl (C=O) groups is 1. The highest BCUT2D eigenvalue weighted by atomic mass is 35.5. The van der Waals surface area contributed by atoms with Gasteiger partial charge in [-0.1, -0.05) is 11.6 Å². The molecule has 122 valence electrons.